The minimum atomic E-state index is -0.279. The molecule has 2 atom stereocenters. The molecular weight excluding hydrogens is 460 g/mol. The fraction of sp³-hybridized carbons (Fsp3) is 0.407. The van der Waals surface area contributed by atoms with Crippen molar-refractivity contribution in [3.8, 4) is 0 Å². The van der Waals surface area contributed by atoms with Crippen LogP contribution in [0.5, 0.6) is 0 Å². The topological polar surface area (TPSA) is 74.2 Å². The summed E-state index contributed by atoms with van der Waals surface area (Å²) in [6.07, 6.45) is 7.46. The van der Waals surface area contributed by atoms with Crippen molar-refractivity contribution in [3.05, 3.63) is 82.5 Å². The molecule has 7 nitrogen and oxygen atoms in total. The van der Waals surface area contributed by atoms with Crippen LogP contribution in [-0.2, 0) is 17.8 Å². The van der Waals surface area contributed by atoms with Crippen molar-refractivity contribution in [2.24, 2.45) is 0 Å². The van der Waals surface area contributed by atoms with Crippen LogP contribution in [0.3, 0.4) is 0 Å². The largest absolute Gasteiger partial charge is 0.353 e. The number of nitrogens with one attached hydrogen (secondary N) is 1. The molecule has 182 valence electrons. The Bertz CT molecular complexity index is 1150. The highest BCUT2D eigenvalue weighted by atomic mass is 35.5. The summed E-state index contributed by atoms with van der Waals surface area (Å²) < 4.78 is 0. The lowest BCUT2D eigenvalue weighted by atomic mass is 9.96. The number of piperazine rings is 1. The zero-order chi connectivity index (χ0) is 24.2. The number of aromatic nitrogens is 3. The van der Waals surface area contributed by atoms with Gasteiger partial charge in [-0.2, -0.15) is 0 Å². The van der Waals surface area contributed by atoms with Gasteiger partial charge in [0.1, 0.15) is 12.1 Å². The van der Waals surface area contributed by atoms with E-state index in [0.717, 1.165) is 42.9 Å². The molecule has 2 aromatic heterocycles. The molecule has 0 radical (unpaired) electrons. The fourth-order valence-electron chi connectivity index (χ4n) is 5.14. The van der Waals surface area contributed by atoms with Gasteiger partial charge in [-0.1, -0.05) is 36.7 Å². The summed E-state index contributed by atoms with van der Waals surface area (Å²) in [5.74, 6) is 1.41. The van der Waals surface area contributed by atoms with Crippen molar-refractivity contribution >= 4 is 23.3 Å². The third-order valence-electron chi connectivity index (χ3n) is 7.11. The fourth-order valence-corrected chi connectivity index (χ4v) is 5.27. The SMILES string of the molecule is C[C@@H]1CCc2ncnc(N3CCN(C(=O)[C@@H](CNCc4cccnc4)c4ccc(Cl)cc4)CC3)c21. The number of pyridine rings is 1. The van der Waals surface area contributed by atoms with Gasteiger partial charge in [0.15, 0.2) is 0 Å². The van der Waals surface area contributed by atoms with Crippen LogP contribution >= 0.6 is 11.6 Å². The van der Waals surface area contributed by atoms with Crippen molar-refractivity contribution < 1.29 is 4.79 Å². The van der Waals surface area contributed by atoms with Gasteiger partial charge < -0.3 is 15.1 Å². The lowest BCUT2D eigenvalue weighted by molar-refractivity contribution is -0.133. The molecular formula is C27H31ClN6O. The number of fused-ring (bicyclic) bond motifs is 1. The Labute approximate surface area is 211 Å². The number of anilines is 1. The number of aryl methyl sites for hydroxylation is 1. The van der Waals surface area contributed by atoms with Crippen LogP contribution in [-0.4, -0.2) is 58.5 Å². The Hall–Kier alpha value is -3.03. The number of benzene rings is 1. The zero-order valence-electron chi connectivity index (χ0n) is 20.0. The number of nitrogens with zero attached hydrogens (tertiary/aromatic N) is 5. The van der Waals surface area contributed by atoms with Gasteiger partial charge in [-0.05, 0) is 48.1 Å². The maximum Gasteiger partial charge on any atom is 0.231 e. The Balaban J connectivity index is 1.26. The highest BCUT2D eigenvalue weighted by Gasteiger charge is 2.32. The summed E-state index contributed by atoms with van der Waals surface area (Å²) in [6, 6.07) is 11.6. The van der Waals surface area contributed by atoms with E-state index in [2.05, 4.69) is 32.1 Å². The van der Waals surface area contributed by atoms with Crippen molar-refractivity contribution in [2.45, 2.75) is 38.1 Å². The molecule has 8 heteroatoms. The van der Waals surface area contributed by atoms with E-state index in [4.69, 9.17) is 11.6 Å². The third-order valence-corrected chi connectivity index (χ3v) is 7.37. The zero-order valence-corrected chi connectivity index (χ0v) is 20.8. The number of hydrogen-bond donors (Lipinski definition) is 1. The Morgan fingerprint density at radius 2 is 1.94 bits per heavy atom. The quantitative estimate of drug-likeness (QED) is 0.543. The summed E-state index contributed by atoms with van der Waals surface area (Å²) in [6.45, 7) is 6.38. The normalized spacial score (nSPS) is 18.4. The van der Waals surface area contributed by atoms with Crippen LogP contribution in [0, 0.1) is 0 Å². The van der Waals surface area contributed by atoms with E-state index >= 15 is 0 Å². The Morgan fingerprint density at radius 3 is 2.69 bits per heavy atom. The summed E-state index contributed by atoms with van der Waals surface area (Å²) in [4.78, 5) is 31.3. The molecule has 0 spiro atoms. The van der Waals surface area contributed by atoms with E-state index in [9.17, 15) is 4.79 Å². The van der Waals surface area contributed by atoms with Crippen molar-refractivity contribution in [3.63, 3.8) is 0 Å². The minimum absolute atomic E-state index is 0.145. The predicted octanol–water partition coefficient (Wildman–Crippen LogP) is 3.80. The number of carbonyl (C=O) groups excluding carboxylic acids is 1. The minimum Gasteiger partial charge on any atom is -0.353 e. The first-order valence-corrected chi connectivity index (χ1v) is 12.7. The van der Waals surface area contributed by atoms with E-state index in [-0.39, 0.29) is 11.8 Å². The van der Waals surface area contributed by atoms with Crippen LogP contribution < -0.4 is 10.2 Å². The summed E-state index contributed by atoms with van der Waals surface area (Å²) in [7, 11) is 0. The van der Waals surface area contributed by atoms with Crippen LogP contribution in [0.2, 0.25) is 5.02 Å². The molecule has 1 saturated heterocycles. The first-order chi connectivity index (χ1) is 17.1. The second-order valence-corrected chi connectivity index (χ2v) is 9.84. The summed E-state index contributed by atoms with van der Waals surface area (Å²) >= 11 is 6.12. The van der Waals surface area contributed by atoms with Gasteiger partial charge in [0.25, 0.3) is 0 Å². The highest BCUT2D eigenvalue weighted by Crippen LogP contribution is 2.37. The van der Waals surface area contributed by atoms with Crippen molar-refractivity contribution in [1.29, 1.82) is 0 Å². The molecule has 0 unspecified atom stereocenters. The van der Waals surface area contributed by atoms with Gasteiger partial charge in [0, 0.05) is 67.9 Å². The van der Waals surface area contributed by atoms with Crippen LogP contribution in [0.25, 0.3) is 0 Å². The molecule has 1 aliphatic heterocycles. The monoisotopic (exact) mass is 490 g/mol. The molecule has 1 fully saturated rings. The molecule has 1 N–H and O–H groups in total. The first-order valence-electron chi connectivity index (χ1n) is 12.3. The van der Waals surface area contributed by atoms with E-state index in [1.807, 2.05) is 47.5 Å². The number of carbonyl (C=O) groups is 1. The second-order valence-electron chi connectivity index (χ2n) is 9.41. The summed E-state index contributed by atoms with van der Waals surface area (Å²) in [5, 5.41) is 4.12. The molecule has 3 aromatic rings. The van der Waals surface area contributed by atoms with E-state index in [0.29, 0.717) is 37.1 Å². The standard InChI is InChI=1S/C27H31ClN6O/c1-19-4-9-24-25(19)26(32-18-31-24)33-11-13-34(14-12-33)27(35)23(21-5-7-22(28)8-6-21)17-30-16-20-3-2-10-29-15-20/h2-3,5-8,10,15,18-19,23,30H,4,9,11-14,16-17H2,1H3/t19-,23+/m1/s1. The lowest BCUT2D eigenvalue weighted by Crippen LogP contribution is -2.51. The lowest BCUT2D eigenvalue weighted by Gasteiger charge is -2.38. The molecule has 35 heavy (non-hydrogen) atoms. The van der Waals surface area contributed by atoms with E-state index < -0.39 is 0 Å². The van der Waals surface area contributed by atoms with Crippen molar-refractivity contribution in [2.75, 3.05) is 37.6 Å². The second kappa shape index (κ2) is 10.7. The van der Waals surface area contributed by atoms with Crippen molar-refractivity contribution in [1.82, 2.24) is 25.2 Å². The van der Waals surface area contributed by atoms with Gasteiger partial charge in [-0.15, -0.1) is 0 Å². The predicted molar refractivity (Wildman–Crippen MR) is 138 cm³/mol. The number of hydrogen-bond acceptors (Lipinski definition) is 6. The molecule has 0 saturated carbocycles. The van der Waals surface area contributed by atoms with Crippen LogP contribution in [0.1, 0.15) is 47.6 Å². The van der Waals surface area contributed by atoms with Crippen LogP contribution in [0.15, 0.2) is 55.1 Å². The van der Waals surface area contributed by atoms with Gasteiger partial charge in [0.05, 0.1) is 5.92 Å². The average molecular weight is 491 g/mol. The van der Waals surface area contributed by atoms with E-state index in [1.165, 1.54) is 11.3 Å². The molecule has 3 heterocycles. The molecule has 1 aliphatic carbocycles. The van der Waals surface area contributed by atoms with Crippen LogP contribution in [0.4, 0.5) is 5.82 Å². The number of halogens is 1. The van der Waals surface area contributed by atoms with Gasteiger partial charge in [-0.3, -0.25) is 9.78 Å². The molecule has 0 bridgehead atoms. The summed E-state index contributed by atoms with van der Waals surface area (Å²) in [5.41, 5.74) is 4.55. The number of rotatable bonds is 7. The number of amides is 1. The maximum absolute atomic E-state index is 13.7. The van der Waals surface area contributed by atoms with Gasteiger partial charge >= 0.3 is 0 Å². The van der Waals surface area contributed by atoms with Gasteiger partial charge in [-0.25, -0.2) is 9.97 Å². The smallest absolute Gasteiger partial charge is 0.231 e. The average Bonchev–Trinajstić information content (AvgIpc) is 3.29. The Morgan fingerprint density at radius 1 is 1.14 bits per heavy atom. The molecule has 2 aliphatic rings. The highest BCUT2D eigenvalue weighted by molar-refractivity contribution is 6.30. The maximum atomic E-state index is 13.7. The Kier molecular flexibility index (Phi) is 7.25. The molecule has 1 amide bonds. The molecule has 1 aromatic carbocycles. The van der Waals surface area contributed by atoms with E-state index in [1.54, 1.807) is 12.5 Å². The van der Waals surface area contributed by atoms with Gasteiger partial charge in [0.2, 0.25) is 5.91 Å². The molecule has 5 rings (SSSR count). The third kappa shape index (κ3) is 5.31. The first kappa shape index (κ1) is 23.7.